The third-order valence-corrected chi connectivity index (χ3v) is 3.77. The van der Waals surface area contributed by atoms with Crippen LogP contribution in [-0.2, 0) is 6.42 Å². The smallest absolute Gasteiger partial charge is 0.0953 e. The predicted octanol–water partition coefficient (Wildman–Crippen LogP) is 3.83. The van der Waals surface area contributed by atoms with E-state index in [9.17, 15) is 0 Å². The summed E-state index contributed by atoms with van der Waals surface area (Å²) in [6.07, 6.45) is 2.48. The molecule has 1 aromatic carbocycles. The number of benzene rings is 1. The molecule has 3 rings (SSSR count). The van der Waals surface area contributed by atoms with Crippen molar-refractivity contribution in [3.8, 4) is 0 Å². The largest absolute Gasteiger partial charge is 0.333 e. The number of thiophene rings is 1. The summed E-state index contributed by atoms with van der Waals surface area (Å²) >= 11 is 1.82. The molecule has 2 heterocycles. The van der Waals surface area contributed by atoms with Crippen LogP contribution in [0.5, 0.6) is 0 Å². The number of aryl methyl sites for hydroxylation is 1. The Kier molecular flexibility index (Phi) is 2.22. The van der Waals surface area contributed by atoms with Crippen LogP contribution in [-0.4, -0.2) is 6.54 Å². The number of fused-ring (bicyclic) bond motifs is 1. The Morgan fingerprint density at radius 3 is 2.87 bits per heavy atom. The van der Waals surface area contributed by atoms with Crippen LogP contribution in [0.4, 0.5) is 10.7 Å². The van der Waals surface area contributed by atoms with Gasteiger partial charge in [0.15, 0.2) is 0 Å². The average Bonchev–Trinajstić information content (AvgIpc) is 2.82. The highest BCUT2D eigenvalue weighted by Crippen LogP contribution is 2.35. The summed E-state index contributed by atoms with van der Waals surface area (Å²) in [4.78, 5) is 2.43. The molecule has 0 spiro atoms. The first-order valence-corrected chi connectivity index (χ1v) is 6.22. The fourth-order valence-corrected chi connectivity index (χ4v) is 2.96. The van der Waals surface area contributed by atoms with Crippen LogP contribution in [0.25, 0.3) is 0 Å². The quantitative estimate of drug-likeness (QED) is 0.698. The molecule has 0 N–H and O–H groups in total. The lowest BCUT2D eigenvalue weighted by molar-refractivity contribution is 0.770. The molecular formula is C13H13NS. The maximum atomic E-state index is 2.43. The van der Waals surface area contributed by atoms with Crippen LogP contribution in [0.2, 0.25) is 0 Å². The van der Waals surface area contributed by atoms with Crippen molar-refractivity contribution < 1.29 is 0 Å². The maximum absolute atomic E-state index is 2.43. The van der Waals surface area contributed by atoms with E-state index in [2.05, 4.69) is 46.7 Å². The SMILES string of the molecule is c1csc(N2CCCc3ccccc32)c1. The summed E-state index contributed by atoms with van der Waals surface area (Å²) < 4.78 is 0. The van der Waals surface area contributed by atoms with Crippen molar-refractivity contribution >= 4 is 22.0 Å². The first-order chi connectivity index (χ1) is 7.45. The number of hydrogen-bond acceptors (Lipinski definition) is 2. The average molecular weight is 215 g/mol. The molecule has 0 bridgehead atoms. The Labute approximate surface area is 94.0 Å². The van der Waals surface area contributed by atoms with E-state index in [4.69, 9.17) is 0 Å². The summed E-state index contributed by atoms with van der Waals surface area (Å²) in [6, 6.07) is 13.1. The molecule has 0 fully saturated rings. The van der Waals surface area contributed by atoms with E-state index in [1.165, 1.54) is 29.1 Å². The third kappa shape index (κ3) is 1.55. The minimum atomic E-state index is 1.15. The first-order valence-electron chi connectivity index (χ1n) is 5.34. The van der Waals surface area contributed by atoms with Gasteiger partial charge in [0.25, 0.3) is 0 Å². The van der Waals surface area contributed by atoms with Crippen LogP contribution in [0.1, 0.15) is 12.0 Å². The van der Waals surface area contributed by atoms with Gasteiger partial charge >= 0.3 is 0 Å². The number of hydrogen-bond donors (Lipinski definition) is 0. The zero-order valence-electron chi connectivity index (χ0n) is 8.52. The molecular weight excluding hydrogens is 202 g/mol. The normalized spacial score (nSPS) is 15.1. The van der Waals surface area contributed by atoms with E-state index in [1.807, 2.05) is 11.3 Å². The van der Waals surface area contributed by atoms with Crippen molar-refractivity contribution in [2.75, 3.05) is 11.4 Å². The van der Waals surface area contributed by atoms with Gasteiger partial charge in [0.05, 0.1) is 5.00 Å². The Morgan fingerprint density at radius 1 is 1.07 bits per heavy atom. The molecule has 0 aliphatic carbocycles. The lowest BCUT2D eigenvalue weighted by Crippen LogP contribution is -2.23. The number of nitrogens with zero attached hydrogens (tertiary/aromatic N) is 1. The maximum Gasteiger partial charge on any atom is 0.0953 e. The van der Waals surface area contributed by atoms with Gasteiger partial charge in [-0.3, -0.25) is 0 Å². The zero-order valence-corrected chi connectivity index (χ0v) is 9.33. The number of rotatable bonds is 1. The monoisotopic (exact) mass is 215 g/mol. The van der Waals surface area contributed by atoms with Crippen LogP contribution < -0.4 is 4.90 Å². The van der Waals surface area contributed by atoms with Crippen molar-refractivity contribution in [2.45, 2.75) is 12.8 Å². The fraction of sp³-hybridized carbons (Fsp3) is 0.231. The summed E-state index contributed by atoms with van der Waals surface area (Å²) in [7, 11) is 0. The molecule has 0 amide bonds. The topological polar surface area (TPSA) is 3.24 Å². The van der Waals surface area contributed by atoms with Gasteiger partial charge < -0.3 is 4.90 Å². The highest BCUT2D eigenvalue weighted by atomic mass is 32.1. The third-order valence-electron chi connectivity index (χ3n) is 2.88. The minimum Gasteiger partial charge on any atom is -0.333 e. The summed E-state index contributed by atoms with van der Waals surface area (Å²) in [6.45, 7) is 1.15. The van der Waals surface area contributed by atoms with E-state index in [0.717, 1.165) is 6.54 Å². The van der Waals surface area contributed by atoms with Gasteiger partial charge in [-0.05, 0) is 42.0 Å². The van der Waals surface area contributed by atoms with E-state index in [-0.39, 0.29) is 0 Å². The number of para-hydroxylation sites is 1. The van der Waals surface area contributed by atoms with Crippen LogP contribution in [0.3, 0.4) is 0 Å². The van der Waals surface area contributed by atoms with Crippen LogP contribution in [0, 0.1) is 0 Å². The van der Waals surface area contributed by atoms with Gasteiger partial charge in [0.1, 0.15) is 0 Å². The predicted molar refractivity (Wildman–Crippen MR) is 66.1 cm³/mol. The van der Waals surface area contributed by atoms with E-state index >= 15 is 0 Å². The van der Waals surface area contributed by atoms with Crippen LogP contribution in [0.15, 0.2) is 41.8 Å². The van der Waals surface area contributed by atoms with Crippen molar-refractivity contribution in [2.24, 2.45) is 0 Å². The molecule has 0 saturated carbocycles. The second-order valence-electron chi connectivity index (χ2n) is 3.84. The lowest BCUT2D eigenvalue weighted by Gasteiger charge is -2.29. The molecule has 0 atom stereocenters. The minimum absolute atomic E-state index is 1.15. The highest BCUT2D eigenvalue weighted by molar-refractivity contribution is 7.14. The van der Waals surface area contributed by atoms with E-state index in [1.54, 1.807) is 0 Å². The zero-order chi connectivity index (χ0) is 10.1. The first kappa shape index (κ1) is 8.98. The molecule has 15 heavy (non-hydrogen) atoms. The van der Waals surface area contributed by atoms with E-state index in [0.29, 0.717) is 0 Å². The van der Waals surface area contributed by atoms with Gasteiger partial charge in [-0.15, -0.1) is 11.3 Å². The second-order valence-corrected chi connectivity index (χ2v) is 4.76. The lowest BCUT2D eigenvalue weighted by atomic mass is 10.0. The Balaban J connectivity index is 2.06. The molecule has 2 aromatic rings. The highest BCUT2D eigenvalue weighted by Gasteiger charge is 2.17. The second kappa shape index (κ2) is 3.70. The van der Waals surface area contributed by atoms with Crippen molar-refractivity contribution in [1.82, 2.24) is 0 Å². The summed E-state index contributed by atoms with van der Waals surface area (Å²) in [5.41, 5.74) is 2.88. The van der Waals surface area contributed by atoms with E-state index < -0.39 is 0 Å². The van der Waals surface area contributed by atoms with Gasteiger partial charge in [0, 0.05) is 12.2 Å². The van der Waals surface area contributed by atoms with Crippen molar-refractivity contribution in [3.05, 3.63) is 47.3 Å². The van der Waals surface area contributed by atoms with Crippen molar-refractivity contribution in [3.63, 3.8) is 0 Å². The molecule has 2 heteroatoms. The fourth-order valence-electron chi connectivity index (χ4n) is 2.19. The molecule has 0 unspecified atom stereocenters. The Bertz CT molecular complexity index is 447. The van der Waals surface area contributed by atoms with Crippen LogP contribution >= 0.6 is 11.3 Å². The summed E-state index contributed by atoms with van der Waals surface area (Å²) in [5.74, 6) is 0. The molecule has 0 saturated heterocycles. The Morgan fingerprint density at radius 2 is 2.00 bits per heavy atom. The van der Waals surface area contributed by atoms with Gasteiger partial charge in [0.2, 0.25) is 0 Å². The molecule has 0 radical (unpaired) electrons. The molecule has 1 aliphatic heterocycles. The molecule has 1 aliphatic rings. The number of anilines is 2. The Hall–Kier alpha value is -1.28. The molecule has 76 valence electrons. The van der Waals surface area contributed by atoms with Gasteiger partial charge in [-0.1, -0.05) is 18.2 Å². The molecule has 1 aromatic heterocycles. The summed E-state index contributed by atoms with van der Waals surface area (Å²) in [5, 5.41) is 3.51. The van der Waals surface area contributed by atoms with Gasteiger partial charge in [-0.25, -0.2) is 0 Å². The standard InChI is InChI=1S/C13H13NS/c1-2-7-12-11(5-1)6-3-9-14(12)13-8-4-10-15-13/h1-2,4-5,7-8,10H,3,6,9H2. The molecule has 1 nitrogen and oxygen atoms in total. The van der Waals surface area contributed by atoms with Crippen molar-refractivity contribution in [1.29, 1.82) is 0 Å². The van der Waals surface area contributed by atoms with Gasteiger partial charge in [-0.2, -0.15) is 0 Å².